The molecule has 2 heterocycles. The molecule has 4 N–H and O–H groups in total. The third kappa shape index (κ3) is 8.22. The number of amidine groups is 1. The van der Waals surface area contributed by atoms with Crippen LogP contribution in [-0.4, -0.2) is 71.6 Å². The van der Waals surface area contributed by atoms with E-state index in [1.807, 2.05) is 5.43 Å². The number of hydrogen-bond acceptors (Lipinski definition) is 6. The Morgan fingerprint density at radius 1 is 1.21 bits per heavy atom. The van der Waals surface area contributed by atoms with Crippen molar-refractivity contribution in [3.05, 3.63) is 60.2 Å². The zero-order chi connectivity index (χ0) is 28.7. The van der Waals surface area contributed by atoms with Crippen molar-refractivity contribution in [1.82, 2.24) is 20.5 Å². The van der Waals surface area contributed by atoms with Crippen LogP contribution in [0.5, 0.6) is 0 Å². The number of rotatable bonds is 12. The Bertz CT molecular complexity index is 1100. The van der Waals surface area contributed by atoms with Gasteiger partial charge in [0.1, 0.15) is 23.5 Å². The number of benzene rings is 1. The summed E-state index contributed by atoms with van der Waals surface area (Å²) in [4.78, 5) is 27.8. The summed E-state index contributed by atoms with van der Waals surface area (Å²) in [5, 5.41) is 6.74. The summed E-state index contributed by atoms with van der Waals surface area (Å²) in [6.07, 6.45) is -8.59. The first kappa shape index (κ1) is 30.0. The highest BCUT2D eigenvalue weighted by Gasteiger charge is 2.49. The Kier molecular flexibility index (Phi) is 10.0. The van der Waals surface area contributed by atoms with Crippen molar-refractivity contribution in [2.24, 2.45) is 10.8 Å². The molecule has 2 aliphatic rings. The molecule has 214 valence electrons. The molecule has 0 radical (unpaired) electrons. The molecular weight excluding hydrogens is 530 g/mol. The molecule has 2 aliphatic heterocycles. The van der Waals surface area contributed by atoms with E-state index < -0.39 is 54.1 Å². The Labute approximate surface area is 221 Å². The van der Waals surface area contributed by atoms with Crippen molar-refractivity contribution in [3.63, 3.8) is 0 Å². The first-order valence-corrected chi connectivity index (χ1v) is 12.3. The van der Waals surface area contributed by atoms with Gasteiger partial charge in [-0.1, -0.05) is 36.9 Å². The third-order valence-corrected chi connectivity index (χ3v) is 6.41. The topological polar surface area (TPSA) is 103 Å². The number of nitrogens with one attached hydrogen (secondary N) is 2. The predicted molar refractivity (Wildman–Crippen MR) is 132 cm³/mol. The van der Waals surface area contributed by atoms with Gasteiger partial charge in [-0.3, -0.25) is 20.3 Å². The van der Waals surface area contributed by atoms with Crippen molar-refractivity contribution < 1.29 is 35.9 Å². The van der Waals surface area contributed by atoms with E-state index in [1.165, 1.54) is 4.90 Å². The van der Waals surface area contributed by atoms with Crippen LogP contribution in [0.3, 0.4) is 0 Å². The van der Waals surface area contributed by atoms with Crippen molar-refractivity contribution in [2.75, 3.05) is 19.6 Å². The Morgan fingerprint density at radius 2 is 1.90 bits per heavy atom. The van der Waals surface area contributed by atoms with Gasteiger partial charge in [-0.25, -0.2) is 13.2 Å². The highest BCUT2D eigenvalue weighted by molar-refractivity contribution is 5.90. The number of carbonyl (C=O) groups excluding carboxylic acids is 2. The van der Waals surface area contributed by atoms with E-state index >= 15 is 0 Å². The minimum absolute atomic E-state index is 0.00639. The van der Waals surface area contributed by atoms with Gasteiger partial charge in [0.05, 0.1) is 6.54 Å². The molecule has 8 nitrogen and oxygen atoms in total. The Balaban J connectivity index is 1.68. The summed E-state index contributed by atoms with van der Waals surface area (Å²) in [6.45, 7) is 2.62. The number of alkyl halides is 4. The molecule has 1 aromatic rings. The highest BCUT2D eigenvalue weighted by atomic mass is 19.4. The maximum atomic E-state index is 14.1. The maximum absolute atomic E-state index is 14.1. The quantitative estimate of drug-likeness (QED) is 0.269. The molecule has 3 rings (SSSR count). The number of halogens is 6. The summed E-state index contributed by atoms with van der Waals surface area (Å²) in [7, 11) is 0. The summed E-state index contributed by atoms with van der Waals surface area (Å²) in [5.74, 6) is -3.54. The van der Waals surface area contributed by atoms with Gasteiger partial charge >= 0.3 is 6.18 Å². The number of nitrogens with two attached hydrogens (primary N) is 1. The molecule has 1 fully saturated rings. The fourth-order valence-corrected chi connectivity index (χ4v) is 4.47. The molecule has 0 saturated carbocycles. The van der Waals surface area contributed by atoms with Crippen molar-refractivity contribution in [1.29, 1.82) is 0 Å². The van der Waals surface area contributed by atoms with Crippen molar-refractivity contribution in [3.8, 4) is 0 Å². The fourth-order valence-electron chi connectivity index (χ4n) is 4.47. The van der Waals surface area contributed by atoms with Crippen LogP contribution in [0, 0.1) is 0 Å². The number of amides is 2. The number of nitrogens with zero attached hydrogens (tertiary/aromatic N) is 3. The standard InChI is InChI=1S/C25H30F6N6O2/c1-15(26)12-19(28)18(27)9-5-8-17(33-22(23(32)39)16-6-3-2-4-7-16)13-21(38)36-10-11-37-20(14-36)34-35-24(37)25(29,30)31/h2-4,6-7,12,17-18,22,24,33,35H,1,5,8-11,13-14H2,(H2,32,39)/b19-12+/t17-,18+,22+,24-/m1/s1. The minimum Gasteiger partial charge on any atom is -0.368 e. The molecule has 2 amide bonds. The van der Waals surface area contributed by atoms with Gasteiger partial charge in [0.15, 0.2) is 6.17 Å². The van der Waals surface area contributed by atoms with Crippen LogP contribution in [-0.2, 0) is 9.59 Å². The average Bonchev–Trinajstić information content (AvgIpc) is 3.31. The summed E-state index contributed by atoms with van der Waals surface area (Å²) < 4.78 is 80.2. The molecule has 14 heteroatoms. The maximum Gasteiger partial charge on any atom is 0.428 e. The van der Waals surface area contributed by atoms with Crippen LogP contribution in [0.15, 0.2) is 59.7 Å². The van der Waals surface area contributed by atoms with E-state index in [0.29, 0.717) is 11.6 Å². The van der Waals surface area contributed by atoms with E-state index in [-0.39, 0.29) is 51.2 Å². The highest BCUT2D eigenvalue weighted by Crippen LogP contribution is 2.28. The van der Waals surface area contributed by atoms with E-state index in [9.17, 15) is 35.9 Å². The molecule has 0 unspecified atom stereocenters. The monoisotopic (exact) mass is 560 g/mol. The number of piperazine rings is 1. The fraction of sp³-hybridized carbons (Fsp3) is 0.480. The lowest BCUT2D eigenvalue weighted by atomic mass is 9.99. The van der Waals surface area contributed by atoms with Gasteiger partial charge in [0.25, 0.3) is 0 Å². The number of primary amides is 1. The lowest BCUT2D eigenvalue weighted by Crippen LogP contribution is -2.58. The molecule has 1 aromatic carbocycles. The normalized spacial score (nSPS) is 20.0. The number of allylic oxidation sites excluding steroid dienone is 3. The first-order valence-electron chi connectivity index (χ1n) is 12.3. The average molecular weight is 561 g/mol. The second kappa shape index (κ2) is 13.0. The lowest BCUT2D eigenvalue weighted by Gasteiger charge is -2.37. The van der Waals surface area contributed by atoms with Crippen molar-refractivity contribution >= 4 is 17.6 Å². The zero-order valence-electron chi connectivity index (χ0n) is 20.9. The van der Waals surface area contributed by atoms with Gasteiger partial charge in [0, 0.05) is 31.6 Å². The third-order valence-electron chi connectivity index (χ3n) is 6.41. The van der Waals surface area contributed by atoms with Crippen molar-refractivity contribution in [2.45, 2.75) is 56.3 Å². The second-order valence-corrected chi connectivity index (χ2v) is 9.30. The van der Waals surface area contributed by atoms with Gasteiger partial charge in [-0.15, -0.1) is 0 Å². The van der Waals surface area contributed by atoms with Gasteiger partial charge < -0.3 is 15.5 Å². The number of hydrazone groups is 1. The smallest absolute Gasteiger partial charge is 0.368 e. The molecule has 0 aromatic heterocycles. The second-order valence-electron chi connectivity index (χ2n) is 9.30. The number of carbonyl (C=O) groups is 2. The predicted octanol–water partition coefficient (Wildman–Crippen LogP) is 3.36. The van der Waals surface area contributed by atoms with Crippen LogP contribution >= 0.6 is 0 Å². The van der Waals surface area contributed by atoms with Crippen LogP contribution in [0.4, 0.5) is 26.3 Å². The molecule has 0 aliphatic carbocycles. The molecule has 0 bridgehead atoms. The lowest BCUT2D eigenvalue weighted by molar-refractivity contribution is -0.179. The Morgan fingerprint density at radius 3 is 2.51 bits per heavy atom. The SMILES string of the molecule is C=C(F)/C=C(/F)[C@@H](F)CCC[C@H](CC(=O)N1CCN2C(=NN[C@H]2C(F)(F)F)C1)N[C@H](C(N)=O)c1ccccc1. The summed E-state index contributed by atoms with van der Waals surface area (Å²) in [5.41, 5.74) is 8.15. The van der Waals surface area contributed by atoms with Gasteiger partial charge in [-0.2, -0.15) is 18.3 Å². The molecule has 39 heavy (non-hydrogen) atoms. The summed E-state index contributed by atoms with van der Waals surface area (Å²) >= 11 is 0. The van der Waals surface area contributed by atoms with E-state index in [4.69, 9.17) is 5.73 Å². The largest absolute Gasteiger partial charge is 0.428 e. The zero-order valence-corrected chi connectivity index (χ0v) is 20.9. The summed E-state index contributed by atoms with van der Waals surface area (Å²) in [6, 6.07) is 6.72. The molecule has 4 atom stereocenters. The number of hydrogen-bond donors (Lipinski definition) is 3. The van der Waals surface area contributed by atoms with Crippen LogP contribution in [0.1, 0.15) is 37.3 Å². The van der Waals surface area contributed by atoms with Gasteiger partial charge in [0.2, 0.25) is 18.0 Å². The minimum atomic E-state index is -4.55. The number of fused-ring (bicyclic) bond motifs is 1. The van der Waals surface area contributed by atoms with E-state index in [1.54, 1.807) is 30.3 Å². The van der Waals surface area contributed by atoms with Crippen LogP contribution in [0.25, 0.3) is 0 Å². The Hall–Kier alpha value is -3.55. The molecular formula is C25H30F6N6O2. The molecule has 0 spiro atoms. The van der Waals surface area contributed by atoms with E-state index in [0.717, 1.165) is 4.90 Å². The first-order chi connectivity index (χ1) is 18.4. The van der Waals surface area contributed by atoms with Crippen LogP contribution < -0.4 is 16.5 Å². The van der Waals surface area contributed by atoms with E-state index in [2.05, 4.69) is 17.0 Å². The van der Waals surface area contributed by atoms with Crippen LogP contribution in [0.2, 0.25) is 0 Å². The molecule has 1 saturated heterocycles. The van der Waals surface area contributed by atoms with Gasteiger partial charge in [-0.05, 0) is 24.8 Å².